The maximum absolute atomic E-state index is 13.4. The molecule has 0 amide bonds. The summed E-state index contributed by atoms with van der Waals surface area (Å²) < 4.78 is 51.5. The van der Waals surface area contributed by atoms with Gasteiger partial charge in [-0.1, -0.05) is 42.8 Å². The van der Waals surface area contributed by atoms with Crippen molar-refractivity contribution in [2.45, 2.75) is 31.0 Å². The second-order valence-electron chi connectivity index (χ2n) is 5.74. The first kappa shape index (κ1) is 15.0. The molecule has 0 radical (unpaired) electrons. The van der Waals surface area contributed by atoms with Gasteiger partial charge in [0.15, 0.2) is 0 Å². The van der Waals surface area contributed by atoms with Gasteiger partial charge in [0.1, 0.15) is 5.82 Å². The van der Waals surface area contributed by atoms with Crippen LogP contribution >= 0.6 is 0 Å². The van der Waals surface area contributed by atoms with E-state index < -0.39 is 12.3 Å². The first-order valence-electron chi connectivity index (χ1n) is 5.79. The van der Waals surface area contributed by atoms with E-state index in [1.54, 1.807) is 18.2 Å². The van der Waals surface area contributed by atoms with E-state index in [1.165, 1.54) is 6.07 Å². The molecule has 0 heterocycles. The van der Waals surface area contributed by atoms with Crippen molar-refractivity contribution in [3.8, 4) is 0 Å². The van der Waals surface area contributed by atoms with Gasteiger partial charge in [-0.15, -0.1) is 0 Å². The molecule has 0 spiro atoms. The summed E-state index contributed by atoms with van der Waals surface area (Å²) in [5.74, 6) is -0.302. The maximum atomic E-state index is 13.4. The average molecular weight is 282 g/mol. The van der Waals surface area contributed by atoms with Gasteiger partial charge in [-0.3, -0.25) is 0 Å². The fourth-order valence-corrected chi connectivity index (χ4v) is 3.67. The zero-order valence-corrected chi connectivity index (χ0v) is 13.4. The Morgan fingerprint density at radius 3 is 2.11 bits per heavy atom. The molecule has 3 aliphatic carbocycles. The standard InChI is InChI=1S/C12H12BF4.K/c14-10-4-2-1-3-9(10)5-11-6-12(7-11,8-11)13(15,16)17;/h1-4H,5-8H2;/q-1;+1. The molecule has 0 aromatic heterocycles. The van der Waals surface area contributed by atoms with Crippen LogP contribution in [0.1, 0.15) is 24.8 Å². The minimum Gasteiger partial charge on any atom is -0.449 e. The van der Waals surface area contributed by atoms with E-state index in [4.69, 9.17) is 0 Å². The monoisotopic (exact) mass is 282 g/mol. The molecule has 0 N–H and O–H groups in total. The summed E-state index contributed by atoms with van der Waals surface area (Å²) in [4.78, 5) is 0. The van der Waals surface area contributed by atoms with Crippen molar-refractivity contribution in [2.75, 3.05) is 0 Å². The van der Waals surface area contributed by atoms with Crippen LogP contribution in [0.4, 0.5) is 17.3 Å². The minimum atomic E-state index is -4.72. The largest absolute Gasteiger partial charge is 1.00 e. The van der Waals surface area contributed by atoms with Crippen LogP contribution in [0.15, 0.2) is 24.3 Å². The van der Waals surface area contributed by atoms with Crippen molar-refractivity contribution in [2.24, 2.45) is 5.41 Å². The van der Waals surface area contributed by atoms with Gasteiger partial charge in [-0.2, -0.15) is 0 Å². The SMILES string of the molecule is Fc1ccccc1CC12CC([B-](F)(F)F)(C1)C2.[K+]. The third kappa shape index (κ3) is 2.14. The van der Waals surface area contributed by atoms with Crippen LogP contribution in [0.25, 0.3) is 0 Å². The quantitative estimate of drug-likeness (QED) is 0.576. The van der Waals surface area contributed by atoms with Crippen molar-refractivity contribution >= 4 is 6.98 Å². The molecule has 92 valence electrons. The van der Waals surface area contributed by atoms with Crippen molar-refractivity contribution in [1.82, 2.24) is 0 Å². The molecule has 3 aliphatic rings. The summed E-state index contributed by atoms with van der Waals surface area (Å²) >= 11 is 0. The van der Waals surface area contributed by atoms with E-state index in [9.17, 15) is 17.3 Å². The van der Waals surface area contributed by atoms with Crippen LogP contribution in [0, 0.1) is 11.2 Å². The van der Waals surface area contributed by atoms with Crippen molar-refractivity contribution in [3.05, 3.63) is 35.6 Å². The molecule has 4 rings (SSSR count). The van der Waals surface area contributed by atoms with Gasteiger partial charge >= 0.3 is 58.4 Å². The fourth-order valence-electron chi connectivity index (χ4n) is 3.67. The van der Waals surface area contributed by atoms with Crippen LogP contribution < -0.4 is 51.4 Å². The van der Waals surface area contributed by atoms with Crippen LogP contribution in [0.5, 0.6) is 0 Å². The van der Waals surface area contributed by atoms with Crippen LogP contribution in [0.2, 0.25) is 5.31 Å². The summed E-state index contributed by atoms with van der Waals surface area (Å²) in [6.45, 7) is -4.72. The second kappa shape index (κ2) is 4.59. The zero-order chi connectivity index (χ0) is 12.3. The number of benzene rings is 1. The first-order valence-corrected chi connectivity index (χ1v) is 5.79. The molecule has 1 aromatic rings. The molecule has 18 heavy (non-hydrogen) atoms. The Hall–Kier alpha value is 0.641. The summed E-state index contributed by atoms with van der Waals surface area (Å²) in [6, 6.07) is 6.36. The molecule has 1 aromatic carbocycles. The Labute approximate surface area is 146 Å². The summed E-state index contributed by atoms with van der Waals surface area (Å²) in [6.07, 6.45) is 1.07. The van der Waals surface area contributed by atoms with E-state index in [2.05, 4.69) is 0 Å². The van der Waals surface area contributed by atoms with E-state index in [0.717, 1.165) is 0 Å². The summed E-state index contributed by atoms with van der Waals surface area (Å²) in [7, 11) is 0. The predicted molar refractivity (Wildman–Crippen MR) is 58.2 cm³/mol. The third-order valence-corrected chi connectivity index (χ3v) is 4.40. The molecule has 3 fully saturated rings. The zero-order valence-electron chi connectivity index (χ0n) is 10.2. The van der Waals surface area contributed by atoms with Crippen molar-refractivity contribution in [3.63, 3.8) is 0 Å². The van der Waals surface area contributed by atoms with Gasteiger partial charge in [-0.25, -0.2) is 4.39 Å². The van der Waals surface area contributed by atoms with Crippen LogP contribution in [-0.4, -0.2) is 6.98 Å². The Morgan fingerprint density at radius 2 is 1.61 bits per heavy atom. The van der Waals surface area contributed by atoms with E-state index >= 15 is 0 Å². The van der Waals surface area contributed by atoms with Crippen molar-refractivity contribution < 1.29 is 68.7 Å². The molecule has 2 bridgehead atoms. The van der Waals surface area contributed by atoms with Gasteiger partial charge < -0.3 is 12.9 Å². The molecule has 0 nitrogen and oxygen atoms in total. The normalized spacial score (nSPS) is 33.1. The molecular formula is C12H12BF4K. The smallest absolute Gasteiger partial charge is 0.449 e. The number of rotatable bonds is 3. The van der Waals surface area contributed by atoms with Gasteiger partial charge in [0, 0.05) is 0 Å². The average Bonchev–Trinajstić information content (AvgIpc) is 2.09. The van der Waals surface area contributed by atoms with Gasteiger partial charge in [-0.05, 0) is 23.5 Å². The Morgan fingerprint density at radius 1 is 1.06 bits per heavy atom. The Kier molecular flexibility index (Phi) is 3.83. The molecule has 0 atom stereocenters. The molecule has 0 unspecified atom stereocenters. The molecule has 0 saturated heterocycles. The van der Waals surface area contributed by atoms with E-state index in [0.29, 0.717) is 12.0 Å². The number of hydrogen-bond acceptors (Lipinski definition) is 0. The van der Waals surface area contributed by atoms with Crippen LogP contribution in [-0.2, 0) is 6.42 Å². The molecule has 6 heteroatoms. The Bertz CT molecular complexity index is 452. The molecule has 3 saturated carbocycles. The van der Waals surface area contributed by atoms with Gasteiger partial charge in [0.2, 0.25) is 0 Å². The summed E-state index contributed by atoms with van der Waals surface area (Å²) in [5, 5.41) is -1.37. The summed E-state index contributed by atoms with van der Waals surface area (Å²) in [5.41, 5.74) is 0.287. The van der Waals surface area contributed by atoms with Gasteiger partial charge in [0.25, 0.3) is 0 Å². The molecular weight excluding hydrogens is 270 g/mol. The topological polar surface area (TPSA) is 0 Å². The van der Waals surface area contributed by atoms with E-state index in [-0.39, 0.29) is 81.9 Å². The fraction of sp³-hybridized carbons (Fsp3) is 0.500. The molecule has 0 aliphatic heterocycles. The minimum absolute atomic E-state index is 0. The van der Waals surface area contributed by atoms with Crippen molar-refractivity contribution in [1.29, 1.82) is 0 Å². The number of hydrogen-bond donors (Lipinski definition) is 0. The third-order valence-electron chi connectivity index (χ3n) is 4.40. The Balaban J connectivity index is 0.00000120. The predicted octanol–water partition coefficient (Wildman–Crippen LogP) is 1.14. The first-order chi connectivity index (χ1) is 7.86. The second-order valence-corrected chi connectivity index (χ2v) is 5.74. The van der Waals surface area contributed by atoms with E-state index in [1.807, 2.05) is 0 Å². The van der Waals surface area contributed by atoms with Gasteiger partial charge in [0.05, 0.1) is 0 Å². The maximum Gasteiger partial charge on any atom is 1.00 e. The number of halogens is 4. The van der Waals surface area contributed by atoms with Crippen LogP contribution in [0.3, 0.4) is 0 Å².